The Hall–Kier alpha value is -3.85. The normalized spacial score (nSPS) is 12.2. The Morgan fingerprint density at radius 3 is 2.64 bits per heavy atom. The summed E-state index contributed by atoms with van der Waals surface area (Å²) in [5.41, 5.74) is 17.3. The van der Waals surface area contributed by atoms with E-state index in [1.807, 2.05) is 24.3 Å². The number of nitrogens with zero attached hydrogens (tertiary/aromatic N) is 3. The van der Waals surface area contributed by atoms with Gasteiger partial charge in [0.25, 0.3) is 0 Å². The average Bonchev–Trinajstić information content (AvgIpc) is 3.12. The van der Waals surface area contributed by atoms with E-state index in [0.29, 0.717) is 23.5 Å². The molecule has 0 unspecified atom stereocenters. The Labute approximate surface area is 163 Å². The fourth-order valence-corrected chi connectivity index (χ4v) is 3.30. The fourth-order valence-electron chi connectivity index (χ4n) is 3.30. The second kappa shape index (κ2) is 7.41. The molecule has 0 amide bonds. The van der Waals surface area contributed by atoms with Crippen LogP contribution in [-0.4, -0.2) is 29.3 Å². The maximum Gasteiger partial charge on any atom is 0.221 e. The number of carbonyl (C=O) groups excluding carboxylic acids is 1. The molecule has 1 aliphatic rings. The number of carbonyl (C=O) groups is 1. The van der Waals surface area contributed by atoms with Gasteiger partial charge in [-0.2, -0.15) is 4.98 Å². The summed E-state index contributed by atoms with van der Waals surface area (Å²) in [4.78, 5) is 20.9. The predicted molar refractivity (Wildman–Crippen MR) is 111 cm³/mol. The average molecular weight is 369 g/mol. The van der Waals surface area contributed by atoms with E-state index in [-0.39, 0.29) is 5.95 Å². The van der Waals surface area contributed by atoms with Gasteiger partial charge in [-0.25, -0.2) is 4.98 Å². The minimum Gasteiger partial charge on any atom is -0.382 e. The zero-order valence-corrected chi connectivity index (χ0v) is 15.2. The van der Waals surface area contributed by atoms with Crippen LogP contribution < -0.4 is 16.4 Å². The maximum atomic E-state index is 10.8. The summed E-state index contributed by atoms with van der Waals surface area (Å²) in [6.07, 6.45) is 3.38. The number of aldehydes is 1. The molecule has 0 bridgehead atoms. The molecule has 0 saturated carbocycles. The molecule has 1 aromatic heterocycles. The van der Waals surface area contributed by atoms with Gasteiger partial charge in [-0.05, 0) is 35.2 Å². The SMILES string of the molecule is Nc1ncc(C#CCN2CCc3cc(-c4ccc(C=O)cc4)ccc32)c(N)n1. The van der Waals surface area contributed by atoms with E-state index >= 15 is 0 Å². The summed E-state index contributed by atoms with van der Waals surface area (Å²) in [5.74, 6) is 6.61. The number of benzene rings is 2. The first-order chi connectivity index (χ1) is 13.6. The lowest BCUT2D eigenvalue weighted by Gasteiger charge is -2.16. The Morgan fingerprint density at radius 1 is 1.11 bits per heavy atom. The van der Waals surface area contributed by atoms with Gasteiger partial charge in [0.05, 0.1) is 18.3 Å². The second-order valence-corrected chi connectivity index (χ2v) is 6.58. The van der Waals surface area contributed by atoms with Crippen LogP contribution in [0.5, 0.6) is 0 Å². The van der Waals surface area contributed by atoms with Crippen LogP contribution >= 0.6 is 0 Å². The van der Waals surface area contributed by atoms with Crippen molar-refractivity contribution in [1.29, 1.82) is 0 Å². The summed E-state index contributed by atoms with van der Waals surface area (Å²) in [7, 11) is 0. The van der Waals surface area contributed by atoms with Crippen LogP contribution in [0.4, 0.5) is 17.5 Å². The van der Waals surface area contributed by atoms with E-state index in [1.54, 1.807) is 6.20 Å². The first-order valence-corrected chi connectivity index (χ1v) is 8.94. The highest BCUT2D eigenvalue weighted by Crippen LogP contribution is 2.32. The van der Waals surface area contributed by atoms with Crippen molar-refractivity contribution in [2.24, 2.45) is 0 Å². The molecule has 0 radical (unpaired) electrons. The molecule has 0 saturated heterocycles. The third-order valence-electron chi connectivity index (χ3n) is 4.78. The van der Waals surface area contributed by atoms with Crippen LogP contribution in [0, 0.1) is 11.8 Å². The van der Waals surface area contributed by atoms with E-state index in [1.165, 1.54) is 11.3 Å². The number of hydrogen-bond acceptors (Lipinski definition) is 6. The quantitative estimate of drug-likeness (QED) is 0.544. The zero-order chi connectivity index (χ0) is 19.5. The Morgan fingerprint density at radius 2 is 1.89 bits per heavy atom. The molecular formula is C22H19N5O. The molecule has 2 aromatic carbocycles. The first kappa shape index (κ1) is 17.6. The van der Waals surface area contributed by atoms with Gasteiger partial charge in [0.15, 0.2) is 0 Å². The molecule has 28 heavy (non-hydrogen) atoms. The van der Waals surface area contributed by atoms with E-state index < -0.39 is 0 Å². The van der Waals surface area contributed by atoms with Crippen LogP contribution in [-0.2, 0) is 6.42 Å². The standard InChI is InChI=1S/C22H19N5O/c23-21-19(13-25-22(24)26-21)2-1-10-27-11-9-18-12-17(7-8-20(18)27)16-5-3-15(14-28)4-6-16/h3-8,12-14H,9-11H2,(H4,23,24,25,26). The first-order valence-electron chi connectivity index (χ1n) is 8.94. The molecule has 6 heteroatoms. The van der Waals surface area contributed by atoms with Gasteiger partial charge < -0.3 is 16.4 Å². The van der Waals surface area contributed by atoms with Crippen molar-refractivity contribution in [1.82, 2.24) is 9.97 Å². The number of anilines is 3. The predicted octanol–water partition coefficient (Wildman–Crippen LogP) is 2.53. The molecule has 4 N–H and O–H groups in total. The molecule has 6 nitrogen and oxygen atoms in total. The topological polar surface area (TPSA) is 98.1 Å². The number of aromatic nitrogens is 2. The minimum absolute atomic E-state index is 0.146. The number of hydrogen-bond donors (Lipinski definition) is 2. The van der Waals surface area contributed by atoms with E-state index in [4.69, 9.17) is 11.5 Å². The van der Waals surface area contributed by atoms with Crippen molar-refractivity contribution < 1.29 is 4.79 Å². The molecular weight excluding hydrogens is 350 g/mol. The summed E-state index contributed by atoms with van der Waals surface area (Å²) < 4.78 is 0. The molecule has 2 heterocycles. The monoisotopic (exact) mass is 369 g/mol. The second-order valence-electron chi connectivity index (χ2n) is 6.58. The lowest BCUT2D eigenvalue weighted by atomic mass is 10.0. The largest absolute Gasteiger partial charge is 0.382 e. The molecule has 0 aliphatic carbocycles. The van der Waals surface area contributed by atoms with E-state index in [0.717, 1.165) is 30.4 Å². The molecule has 1 aliphatic heterocycles. The van der Waals surface area contributed by atoms with Crippen molar-refractivity contribution in [3.05, 3.63) is 65.4 Å². The number of nitrogens with two attached hydrogens (primary N) is 2. The van der Waals surface area contributed by atoms with Gasteiger partial charge in [0, 0.05) is 17.8 Å². The summed E-state index contributed by atoms with van der Waals surface area (Å²) >= 11 is 0. The third-order valence-corrected chi connectivity index (χ3v) is 4.78. The number of fused-ring (bicyclic) bond motifs is 1. The maximum absolute atomic E-state index is 10.8. The van der Waals surface area contributed by atoms with Gasteiger partial charge in [0.2, 0.25) is 5.95 Å². The summed E-state index contributed by atoms with van der Waals surface area (Å²) in [6, 6.07) is 14.1. The highest BCUT2D eigenvalue weighted by Gasteiger charge is 2.18. The van der Waals surface area contributed by atoms with Crippen LogP contribution in [0.3, 0.4) is 0 Å². The molecule has 0 spiro atoms. The molecule has 4 rings (SSSR count). The molecule has 0 fully saturated rings. The van der Waals surface area contributed by atoms with Gasteiger partial charge >= 0.3 is 0 Å². The fraction of sp³-hybridized carbons (Fsp3) is 0.136. The van der Waals surface area contributed by atoms with Gasteiger partial charge in [0.1, 0.15) is 12.1 Å². The lowest BCUT2D eigenvalue weighted by Crippen LogP contribution is -2.20. The Bertz CT molecular complexity index is 1100. The van der Waals surface area contributed by atoms with E-state index in [2.05, 4.69) is 44.9 Å². The molecule has 0 atom stereocenters. The third kappa shape index (κ3) is 3.51. The van der Waals surface area contributed by atoms with Crippen molar-refractivity contribution in [2.75, 3.05) is 29.5 Å². The summed E-state index contributed by atoms with van der Waals surface area (Å²) in [6.45, 7) is 1.52. The highest BCUT2D eigenvalue weighted by atomic mass is 16.1. The Kier molecular flexibility index (Phi) is 4.65. The van der Waals surface area contributed by atoms with Crippen LogP contribution in [0.2, 0.25) is 0 Å². The minimum atomic E-state index is 0.146. The van der Waals surface area contributed by atoms with Crippen LogP contribution in [0.15, 0.2) is 48.7 Å². The van der Waals surface area contributed by atoms with Crippen LogP contribution in [0.25, 0.3) is 11.1 Å². The smallest absolute Gasteiger partial charge is 0.221 e. The highest BCUT2D eigenvalue weighted by molar-refractivity contribution is 5.77. The van der Waals surface area contributed by atoms with Crippen molar-refractivity contribution in [3.8, 4) is 23.0 Å². The molecule has 3 aromatic rings. The van der Waals surface area contributed by atoms with Gasteiger partial charge in [-0.1, -0.05) is 42.2 Å². The zero-order valence-electron chi connectivity index (χ0n) is 15.2. The van der Waals surface area contributed by atoms with Crippen molar-refractivity contribution >= 4 is 23.7 Å². The van der Waals surface area contributed by atoms with Gasteiger partial charge in [-0.3, -0.25) is 4.79 Å². The lowest BCUT2D eigenvalue weighted by molar-refractivity contribution is 0.112. The number of rotatable bonds is 3. The summed E-state index contributed by atoms with van der Waals surface area (Å²) in [5, 5.41) is 0. The Balaban J connectivity index is 1.50. The molecule has 138 valence electrons. The van der Waals surface area contributed by atoms with Gasteiger partial charge in [-0.15, -0.1) is 0 Å². The van der Waals surface area contributed by atoms with Crippen molar-refractivity contribution in [2.45, 2.75) is 6.42 Å². The van der Waals surface area contributed by atoms with Crippen molar-refractivity contribution in [3.63, 3.8) is 0 Å². The van der Waals surface area contributed by atoms with Crippen LogP contribution in [0.1, 0.15) is 21.5 Å². The number of nitrogen functional groups attached to an aromatic ring is 2. The van der Waals surface area contributed by atoms with E-state index in [9.17, 15) is 4.79 Å².